The first-order valence-corrected chi connectivity index (χ1v) is 8.34. The Labute approximate surface area is 111 Å². The SMILES string of the molecule is CCC(C)C(O)CNS(=O)(=O)N1CCCCCC1. The molecule has 0 bridgehead atoms. The largest absolute Gasteiger partial charge is 0.391 e. The van der Waals surface area contributed by atoms with Crippen LogP contribution in [0.4, 0.5) is 0 Å². The van der Waals surface area contributed by atoms with Crippen molar-refractivity contribution < 1.29 is 13.5 Å². The predicted octanol–water partition coefficient (Wildman–Crippen LogP) is 1.10. The maximum absolute atomic E-state index is 12.1. The molecule has 1 saturated heterocycles. The summed E-state index contributed by atoms with van der Waals surface area (Å²) in [6.45, 7) is 5.19. The zero-order valence-corrected chi connectivity index (χ0v) is 12.2. The van der Waals surface area contributed by atoms with Crippen molar-refractivity contribution in [1.29, 1.82) is 0 Å². The van der Waals surface area contributed by atoms with E-state index in [0.717, 1.165) is 32.1 Å². The molecular formula is C12H26N2O3S. The molecule has 2 unspecified atom stereocenters. The van der Waals surface area contributed by atoms with Gasteiger partial charge in [-0.3, -0.25) is 0 Å². The summed E-state index contributed by atoms with van der Waals surface area (Å²) < 4.78 is 28.1. The van der Waals surface area contributed by atoms with E-state index in [2.05, 4.69) is 4.72 Å². The Hall–Kier alpha value is -0.170. The van der Waals surface area contributed by atoms with Crippen molar-refractivity contribution in [3.8, 4) is 0 Å². The highest BCUT2D eigenvalue weighted by Gasteiger charge is 2.24. The molecule has 18 heavy (non-hydrogen) atoms. The Kier molecular flexibility index (Phi) is 6.55. The monoisotopic (exact) mass is 278 g/mol. The molecule has 1 fully saturated rings. The molecule has 108 valence electrons. The summed E-state index contributed by atoms with van der Waals surface area (Å²) in [5.41, 5.74) is 0. The fourth-order valence-corrected chi connectivity index (χ4v) is 3.34. The molecule has 0 aromatic rings. The summed E-state index contributed by atoms with van der Waals surface area (Å²) in [6.07, 6.45) is 4.27. The number of rotatable bonds is 6. The number of hydrogen-bond acceptors (Lipinski definition) is 3. The molecular weight excluding hydrogens is 252 g/mol. The minimum atomic E-state index is -3.42. The van der Waals surface area contributed by atoms with Crippen molar-refractivity contribution in [2.45, 2.75) is 52.1 Å². The van der Waals surface area contributed by atoms with E-state index in [-0.39, 0.29) is 12.5 Å². The fourth-order valence-electron chi connectivity index (χ4n) is 2.04. The average Bonchev–Trinajstić information content (AvgIpc) is 2.64. The van der Waals surface area contributed by atoms with Crippen LogP contribution in [0.1, 0.15) is 46.0 Å². The number of aliphatic hydroxyl groups is 1. The van der Waals surface area contributed by atoms with E-state index in [4.69, 9.17) is 0 Å². The summed E-state index contributed by atoms with van der Waals surface area (Å²) in [5, 5.41) is 9.79. The molecule has 6 heteroatoms. The van der Waals surface area contributed by atoms with Crippen molar-refractivity contribution in [3.05, 3.63) is 0 Å². The summed E-state index contributed by atoms with van der Waals surface area (Å²) in [4.78, 5) is 0. The smallest absolute Gasteiger partial charge is 0.279 e. The van der Waals surface area contributed by atoms with Gasteiger partial charge in [0.1, 0.15) is 0 Å². The molecule has 2 N–H and O–H groups in total. The summed E-state index contributed by atoms with van der Waals surface area (Å²) >= 11 is 0. The van der Waals surface area contributed by atoms with Gasteiger partial charge in [-0.2, -0.15) is 17.4 Å². The molecule has 0 spiro atoms. The van der Waals surface area contributed by atoms with Gasteiger partial charge in [-0.25, -0.2) is 0 Å². The van der Waals surface area contributed by atoms with Crippen LogP contribution in [0.25, 0.3) is 0 Å². The minimum absolute atomic E-state index is 0.105. The minimum Gasteiger partial charge on any atom is -0.391 e. The zero-order chi connectivity index (χ0) is 13.6. The van der Waals surface area contributed by atoms with E-state index in [9.17, 15) is 13.5 Å². The highest BCUT2D eigenvalue weighted by Crippen LogP contribution is 2.13. The topological polar surface area (TPSA) is 69.6 Å². The van der Waals surface area contributed by atoms with Crippen LogP contribution < -0.4 is 4.72 Å². The molecule has 0 saturated carbocycles. The van der Waals surface area contributed by atoms with E-state index >= 15 is 0 Å². The van der Waals surface area contributed by atoms with Gasteiger partial charge < -0.3 is 5.11 Å². The van der Waals surface area contributed by atoms with Gasteiger partial charge in [-0.1, -0.05) is 33.1 Å². The quantitative estimate of drug-likeness (QED) is 0.764. The summed E-state index contributed by atoms with van der Waals surface area (Å²) in [6, 6.07) is 0. The lowest BCUT2D eigenvalue weighted by molar-refractivity contribution is 0.118. The molecule has 0 aliphatic carbocycles. The normalized spacial score (nSPS) is 22.4. The standard InChI is InChI=1S/C12H26N2O3S/c1-3-11(2)12(15)10-13-18(16,17)14-8-6-4-5-7-9-14/h11-13,15H,3-10H2,1-2H3. The Balaban J connectivity index is 2.48. The Morgan fingerprint density at radius 3 is 2.28 bits per heavy atom. The lowest BCUT2D eigenvalue weighted by atomic mass is 10.0. The van der Waals surface area contributed by atoms with Crippen molar-refractivity contribution in [2.24, 2.45) is 5.92 Å². The van der Waals surface area contributed by atoms with Gasteiger partial charge in [-0.05, 0) is 18.8 Å². The second kappa shape index (κ2) is 7.43. The summed E-state index contributed by atoms with van der Waals surface area (Å²) in [5.74, 6) is 0.108. The Bertz CT molecular complexity index is 324. The molecule has 1 heterocycles. The molecule has 0 radical (unpaired) electrons. The van der Waals surface area contributed by atoms with Crippen LogP contribution in [0, 0.1) is 5.92 Å². The van der Waals surface area contributed by atoms with Crippen LogP contribution in [-0.4, -0.2) is 43.6 Å². The third-order valence-electron chi connectivity index (χ3n) is 3.68. The van der Waals surface area contributed by atoms with Gasteiger partial charge >= 0.3 is 0 Å². The molecule has 2 atom stereocenters. The van der Waals surface area contributed by atoms with Crippen LogP contribution >= 0.6 is 0 Å². The van der Waals surface area contributed by atoms with E-state index in [1.54, 1.807) is 0 Å². The second-order valence-corrected chi connectivity index (χ2v) is 6.87. The van der Waals surface area contributed by atoms with Crippen LogP contribution in [0.2, 0.25) is 0 Å². The highest BCUT2D eigenvalue weighted by atomic mass is 32.2. The molecule has 0 aromatic carbocycles. The van der Waals surface area contributed by atoms with Gasteiger partial charge in [-0.15, -0.1) is 0 Å². The molecule has 1 aliphatic rings. The lowest BCUT2D eigenvalue weighted by Gasteiger charge is -2.23. The highest BCUT2D eigenvalue weighted by molar-refractivity contribution is 7.87. The molecule has 0 amide bonds. The first-order chi connectivity index (χ1) is 8.47. The molecule has 1 rings (SSSR count). The third kappa shape index (κ3) is 4.84. The number of nitrogens with one attached hydrogen (secondary N) is 1. The number of hydrogen-bond donors (Lipinski definition) is 2. The van der Waals surface area contributed by atoms with Crippen LogP contribution in [0.3, 0.4) is 0 Å². The number of aliphatic hydroxyl groups excluding tert-OH is 1. The van der Waals surface area contributed by atoms with Gasteiger partial charge in [0.2, 0.25) is 0 Å². The number of nitrogens with zero attached hydrogens (tertiary/aromatic N) is 1. The fraction of sp³-hybridized carbons (Fsp3) is 1.00. The van der Waals surface area contributed by atoms with Crippen molar-refractivity contribution in [2.75, 3.05) is 19.6 Å². The Morgan fingerprint density at radius 2 is 1.78 bits per heavy atom. The van der Waals surface area contributed by atoms with E-state index in [0.29, 0.717) is 13.1 Å². The molecule has 1 aliphatic heterocycles. The zero-order valence-electron chi connectivity index (χ0n) is 11.4. The molecule has 0 aromatic heterocycles. The van der Waals surface area contributed by atoms with E-state index in [1.165, 1.54) is 4.31 Å². The van der Waals surface area contributed by atoms with Crippen LogP contribution in [-0.2, 0) is 10.2 Å². The maximum atomic E-state index is 12.1. The summed E-state index contributed by atoms with van der Waals surface area (Å²) in [7, 11) is -3.42. The van der Waals surface area contributed by atoms with Crippen LogP contribution in [0.15, 0.2) is 0 Å². The average molecular weight is 278 g/mol. The molecule has 5 nitrogen and oxygen atoms in total. The van der Waals surface area contributed by atoms with Gasteiger partial charge in [0.15, 0.2) is 0 Å². The third-order valence-corrected chi connectivity index (χ3v) is 5.26. The van der Waals surface area contributed by atoms with E-state index < -0.39 is 16.3 Å². The van der Waals surface area contributed by atoms with E-state index in [1.807, 2.05) is 13.8 Å². The first kappa shape index (κ1) is 15.9. The van der Waals surface area contributed by atoms with Crippen LogP contribution in [0.5, 0.6) is 0 Å². The van der Waals surface area contributed by atoms with Crippen molar-refractivity contribution >= 4 is 10.2 Å². The second-order valence-electron chi connectivity index (χ2n) is 5.12. The van der Waals surface area contributed by atoms with Crippen molar-refractivity contribution in [3.63, 3.8) is 0 Å². The van der Waals surface area contributed by atoms with Crippen molar-refractivity contribution in [1.82, 2.24) is 9.03 Å². The predicted molar refractivity (Wildman–Crippen MR) is 72.4 cm³/mol. The first-order valence-electron chi connectivity index (χ1n) is 6.90. The Morgan fingerprint density at radius 1 is 1.22 bits per heavy atom. The maximum Gasteiger partial charge on any atom is 0.279 e. The van der Waals surface area contributed by atoms with Gasteiger partial charge in [0.05, 0.1) is 6.10 Å². The van der Waals surface area contributed by atoms with Gasteiger partial charge in [0.25, 0.3) is 10.2 Å². The van der Waals surface area contributed by atoms with Gasteiger partial charge in [0, 0.05) is 19.6 Å². The lowest BCUT2D eigenvalue weighted by Crippen LogP contribution is -2.44.